The van der Waals surface area contributed by atoms with Crippen LogP contribution in [-0.2, 0) is 5.41 Å². The largest absolute Gasteiger partial charge is 0.507 e. The molecule has 0 aliphatic carbocycles. The Morgan fingerprint density at radius 1 is 0.958 bits per heavy atom. The molecule has 0 saturated carbocycles. The lowest BCUT2D eigenvalue weighted by Gasteiger charge is -2.23. The maximum absolute atomic E-state index is 12.8. The Labute approximate surface area is 136 Å². The number of hydrogen-bond acceptors (Lipinski definition) is 6. The summed E-state index contributed by atoms with van der Waals surface area (Å²) in [5, 5.41) is 39.9. The summed E-state index contributed by atoms with van der Waals surface area (Å²) < 4.78 is 5.64. The molecule has 124 valence electrons. The third-order valence-electron chi connectivity index (χ3n) is 4.17. The molecule has 0 bridgehead atoms. The zero-order valence-corrected chi connectivity index (χ0v) is 13.1. The van der Waals surface area contributed by atoms with Crippen molar-refractivity contribution in [3.63, 3.8) is 0 Å². The third kappa shape index (κ3) is 2.00. The van der Waals surface area contributed by atoms with Gasteiger partial charge in [0.2, 0.25) is 5.43 Å². The van der Waals surface area contributed by atoms with Crippen LogP contribution in [0.5, 0.6) is 23.0 Å². The standard InChI is InChI=1S/C18H16O6/c1-4-18(2,3)14-11(22)7-10(21)13-15(23)12-8(19)5-6-9(20)16(12)24-17(13)14/h4-7,19-22H,1H2,2-3H3. The van der Waals surface area contributed by atoms with Crippen molar-refractivity contribution in [2.24, 2.45) is 0 Å². The van der Waals surface area contributed by atoms with Crippen LogP contribution in [0, 0.1) is 0 Å². The molecule has 24 heavy (non-hydrogen) atoms. The van der Waals surface area contributed by atoms with Gasteiger partial charge >= 0.3 is 0 Å². The minimum atomic E-state index is -0.786. The van der Waals surface area contributed by atoms with E-state index in [-0.39, 0.29) is 44.8 Å². The summed E-state index contributed by atoms with van der Waals surface area (Å²) in [5.74, 6) is -1.47. The Hall–Kier alpha value is -3.15. The Morgan fingerprint density at radius 3 is 2.17 bits per heavy atom. The van der Waals surface area contributed by atoms with E-state index >= 15 is 0 Å². The van der Waals surface area contributed by atoms with Crippen LogP contribution in [0.25, 0.3) is 21.9 Å². The zero-order valence-electron chi connectivity index (χ0n) is 13.1. The van der Waals surface area contributed by atoms with Crippen LogP contribution in [0.15, 0.2) is 40.1 Å². The van der Waals surface area contributed by atoms with Crippen molar-refractivity contribution in [1.29, 1.82) is 0 Å². The fourth-order valence-electron chi connectivity index (χ4n) is 2.79. The smallest absolute Gasteiger partial charge is 0.208 e. The van der Waals surface area contributed by atoms with Gasteiger partial charge in [-0.2, -0.15) is 0 Å². The molecule has 6 nitrogen and oxygen atoms in total. The Morgan fingerprint density at radius 2 is 1.54 bits per heavy atom. The fourth-order valence-corrected chi connectivity index (χ4v) is 2.79. The van der Waals surface area contributed by atoms with E-state index in [1.54, 1.807) is 19.9 Å². The van der Waals surface area contributed by atoms with E-state index in [9.17, 15) is 25.2 Å². The molecule has 0 aliphatic heterocycles. The molecule has 1 heterocycles. The molecule has 6 heteroatoms. The van der Waals surface area contributed by atoms with Crippen molar-refractivity contribution in [2.75, 3.05) is 0 Å². The Bertz CT molecular complexity index is 1060. The molecule has 1 aromatic heterocycles. The highest BCUT2D eigenvalue weighted by Crippen LogP contribution is 2.43. The van der Waals surface area contributed by atoms with Crippen molar-refractivity contribution < 1.29 is 24.8 Å². The van der Waals surface area contributed by atoms with Crippen molar-refractivity contribution >= 4 is 21.9 Å². The molecule has 0 amide bonds. The normalized spacial score (nSPS) is 11.9. The molecular formula is C18H16O6. The number of phenolic OH excluding ortho intramolecular Hbond substituents is 4. The van der Waals surface area contributed by atoms with E-state index in [1.165, 1.54) is 6.07 Å². The lowest BCUT2D eigenvalue weighted by molar-refractivity contribution is 0.435. The molecule has 0 fully saturated rings. The van der Waals surface area contributed by atoms with Gasteiger partial charge in [-0.05, 0) is 12.1 Å². The quantitative estimate of drug-likeness (QED) is 0.326. The SMILES string of the molecule is C=CC(C)(C)c1c(O)cc(O)c2c(=O)c3c(O)ccc(O)c3oc12. The minimum absolute atomic E-state index is 0.0733. The lowest BCUT2D eigenvalue weighted by Crippen LogP contribution is -2.15. The van der Waals surface area contributed by atoms with Gasteiger partial charge in [-0.25, -0.2) is 0 Å². The van der Waals surface area contributed by atoms with E-state index in [0.717, 1.165) is 12.1 Å². The maximum Gasteiger partial charge on any atom is 0.208 e. The molecule has 0 saturated heterocycles. The number of allylic oxidation sites excluding steroid dienone is 1. The van der Waals surface area contributed by atoms with Crippen molar-refractivity contribution in [3.05, 3.63) is 46.6 Å². The monoisotopic (exact) mass is 328 g/mol. The van der Waals surface area contributed by atoms with Crippen LogP contribution in [0.4, 0.5) is 0 Å². The first-order chi connectivity index (χ1) is 11.2. The average molecular weight is 328 g/mol. The summed E-state index contributed by atoms with van der Waals surface area (Å²) in [6.07, 6.45) is 1.56. The number of phenols is 4. The van der Waals surface area contributed by atoms with Crippen LogP contribution < -0.4 is 5.43 Å². The first-order valence-electron chi connectivity index (χ1n) is 7.19. The summed E-state index contributed by atoms with van der Waals surface area (Å²) in [7, 11) is 0. The summed E-state index contributed by atoms with van der Waals surface area (Å²) in [4.78, 5) is 12.8. The second kappa shape index (κ2) is 4.92. The van der Waals surface area contributed by atoms with E-state index in [1.807, 2.05) is 0 Å². The van der Waals surface area contributed by atoms with Gasteiger partial charge in [0.1, 0.15) is 33.6 Å². The number of fused-ring (bicyclic) bond motifs is 2. The van der Waals surface area contributed by atoms with Crippen molar-refractivity contribution in [1.82, 2.24) is 0 Å². The highest BCUT2D eigenvalue weighted by atomic mass is 16.4. The summed E-state index contributed by atoms with van der Waals surface area (Å²) in [6.45, 7) is 7.21. The minimum Gasteiger partial charge on any atom is -0.507 e. The van der Waals surface area contributed by atoms with E-state index in [0.29, 0.717) is 0 Å². The average Bonchev–Trinajstić information content (AvgIpc) is 2.50. The first kappa shape index (κ1) is 15.7. The molecule has 0 aliphatic rings. The van der Waals surface area contributed by atoms with Crippen molar-refractivity contribution in [2.45, 2.75) is 19.3 Å². The second-order valence-corrected chi connectivity index (χ2v) is 6.16. The van der Waals surface area contributed by atoms with Gasteiger partial charge in [0, 0.05) is 17.0 Å². The van der Waals surface area contributed by atoms with Crippen LogP contribution >= 0.6 is 0 Å². The van der Waals surface area contributed by atoms with Crippen LogP contribution in [0.3, 0.4) is 0 Å². The zero-order chi connectivity index (χ0) is 17.8. The lowest BCUT2D eigenvalue weighted by atomic mass is 9.83. The predicted octanol–water partition coefficient (Wildman–Crippen LogP) is 3.23. The van der Waals surface area contributed by atoms with Gasteiger partial charge in [-0.1, -0.05) is 19.9 Å². The number of rotatable bonds is 2. The van der Waals surface area contributed by atoms with Gasteiger partial charge in [-0.15, -0.1) is 6.58 Å². The number of hydrogen-bond donors (Lipinski definition) is 4. The molecule has 0 radical (unpaired) electrons. The van der Waals surface area contributed by atoms with E-state index in [4.69, 9.17) is 4.42 Å². The van der Waals surface area contributed by atoms with Crippen LogP contribution in [-0.4, -0.2) is 20.4 Å². The molecule has 0 unspecified atom stereocenters. The fraction of sp³-hybridized carbons (Fsp3) is 0.167. The van der Waals surface area contributed by atoms with Gasteiger partial charge < -0.3 is 24.8 Å². The molecule has 0 spiro atoms. The van der Waals surface area contributed by atoms with Gasteiger partial charge in [0.05, 0.1) is 0 Å². The van der Waals surface area contributed by atoms with Crippen LogP contribution in [0.2, 0.25) is 0 Å². The Kier molecular flexibility index (Phi) is 3.23. The first-order valence-corrected chi connectivity index (χ1v) is 7.19. The highest BCUT2D eigenvalue weighted by molar-refractivity contribution is 6.00. The topological polar surface area (TPSA) is 111 Å². The molecular weight excluding hydrogens is 312 g/mol. The Balaban J connectivity index is 2.69. The van der Waals surface area contributed by atoms with Gasteiger partial charge in [-0.3, -0.25) is 4.79 Å². The van der Waals surface area contributed by atoms with Gasteiger partial charge in [0.25, 0.3) is 0 Å². The summed E-state index contributed by atoms with van der Waals surface area (Å²) >= 11 is 0. The maximum atomic E-state index is 12.8. The predicted molar refractivity (Wildman–Crippen MR) is 89.9 cm³/mol. The number of benzene rings is 2. The molecule has 3 aromatic rings. The number of aromatic hydroxyl groups is 4. The van der Waals surface area contributed by atoms with Crippen LogP contribution in [0.1, 0.15) is 19.4 Å². The molecule has 4 N–H and O–H groups in total. The highest BCUT2D eigenvalue weighted by Gasteiger charge is 2.29. The summed E-state index contributed by atoms with van der Waals surface area (Å²) in [5.41, 5.74) is -1.55. The second-order valence-electron chi connectivity index (χ2n) is 6.16. The molecule has 0 atom stereocenters. The van der Waals surface area contributed by atoms with E-state index in [2.05, 4.69) is 6.58 Å². The third-order valence-corrected chi connectivity index (χ3v) is 4.17. The molecule has 3 rings (SSSR count). The van der Waals surface area contributed by atoms with Gasteiger partial charge in [0.15, 0.2) is 11.3 Å². The van der Waals surface area contributed by atoms with Crippen molar-refractivity contribution in [3.8, 4) is 23.0 Å². The van der Waals surface area contributed by atoms with E-state index < -0.39 is 16.6 Å². The summed E-state index contributed by atoms with van der Waals surface area (Å²) in [6, 6.07) is 3.39. The molecule has 2 aromatic carbocycles.